The summed E-state index contributed by atoms with van der Waals surface area (Å²) in [5.74, 6) is -0.569. The topological polar surface area (TPSA) is 79.0 Å². The van der Waals surface area contributed by atoms with Crippen LogP contribution in [0.1, 0.15) is 10.4 Å². The number of pyridine rings is 2. The molecule has 2 aliphatic rings. The highest BCUT2D eigenvalue weighted by atomic mass is 16.5. The van der Waals surface area contributed by atoms with Crippen molar-refractivity contribution in [2.45, 2.75) is 0 Å². The SMILES string of the molecule is COC(=O)c1cn(-c2cncc3ccccc23)cc2c(=O)n(-c3ccccc3)nc1-2. The van der Waals surface area contributed by atoms with Crippen LogP contribution in [0.25, 0.3) is 33.4 Å². The molecule has 0 saturated heterocycles. The summed E-state index contributed by atoms with van der Waals surface area (Å²) in [5, 5.41) is 6.31. The fourth-order valence-corrected chi connectivity index (χ4v) is 3.56. The monoisotopic (exact) mass is 396 g/mol. The Hall–Kier alpha value is -4.26. The number of esters is 1. The summed E-state index contributed by atoms with van der Waals surface area (Å²) in [6.07, 6.45) is 6.77. The third-order valence-corrected chi connectivity index (χ3v) is 5.00. The van der Waals surface area contributed by atoms with Crippen LogP contribution in [0.3, 0.4) is 0 Å². The number of hydrogen-bond donors (Lipinski definition) is 0. The summed E-state index contributed by atoms with van der Waals surface area (Å²) in [7, 11) is 1.30. The molecule has 7 heteroatoms. The molecule has 146 valence electrons. The molecule has 0 radical (unpaired) electrons. The summed E-state index contributed by atoms with van der Waals surface area (Å²) in [4.78, 5) is 30.0. The van der Waals surface area contributed by atoms with Gasteiger partial charge in [-0.3, -0.25) is 9.78 Å². The highest BCUT2D eigenvalue weighted by Gasteiger charge is 2.25. The van der Waals surface area contributed by atoms with E-state index in [1.165, 1.54) is 11.8 Å². The maximum Gasteiger partial charge on any atom is 0.341 e. The van der Waals surface area contributed by atoms with Crippen LogP contribution in [0, 0.1) is 0 Å². The van der Waals surface area contributed by atoms with Crippen LogP contribution in [0.15, 0.2) is 84.2 Å². The van der Waals surface area contributed by atoms with E-state index in [0.717, 1.165) is 16.5 Å². The van der Waals surface area contributed by atoms with E-state index in [0.29, 0.717) is 16.9 Å². The Morgan fingerprint density at radius 2 is 1.73 bits per heavy atom. The zero-order valence-corrected chi connectivity index (χ0v) is 16.0. The first kappa shape index (κ1) is 17.8. The molecule has 0 amide bonds. The van der Waals surface area contributed by atoms with Crippen molar-refractivity contribution in [3.05, 3.63) is 95.3 Å². The van der Waals surface area contributed by atoms with E-state index in [1.807, 2.05) is 42.5 Å². The summed E-state index contributed by atoms with van der Waals surface area (Å²) in [6, 6.07) is 16.9. The molecule has 5 rings (SSSR count). The van der Waals surface area contributed by atoms with Gasteiger partial charge in [0.15, 0.2) is 0 Å². The summed E-state index contributed by atoms with van der Waals surface area (Å²) < 4.78 is 7.98. The lowest BCUT2D eigenvalue weighted by atomic mass is 10.1. The Morgan fingerprint density at radius 1 is 0.967 bits per heavy atom. The third-order valence-electron chi connectivity index (χ3n) is 5.00. The van der Waals surface area contributed by atoms with Crippen molar-refractivity contribution in [2.75, 3.05) is 7.11 Å². The van der Waals surface area contributed by atoms with Gasteiger partial charge in [-0.15, -0.1) is 0 Å². The number of fused-ring (bicyclic) bond motifs is 2. The standard InChI is InChI=1S/C23H16N4O3/c1-30-23(29)19-14-26(20-12-24-11-15-7-5-6-10-17(15)20)13-18-21(19)25-27(22(18)28)16-8-3-2-4-9-16/h2-14H,1H3. The van der Waals surface area contributed by atoms with Gasteiger partial charge in [-0.25, -0.2) is 4.79 Å². The minimum absolute atomic E-state index is 0.203. The van der Waals surface area contributed by atoms with Crippen molar-refractivity contribution >= 4 is 16.7 Å². The van der Waals surface area contributed by atoms with E-state index in [9.17, 15) is 9.59 Å². The van der Waals surface area contributed by atoms with Crippen molar-refractivity contribution in [3.8, 4) is 22.6 Å². The number of para-hydroxylation sites is 1. The van der Waals surface area contributed by atoms with Gasteiger partial charge >= 0.3 is 5.97 Å². The summed E-state index contributed by atoms with van der Waals surface area (Å²) in [6.45, 7) is 0. The predicted molar refractivity (Wildman–Crippen MR) is 112 cm³/mol. The molecule has 3 heterocycles. The van der Waals surface area contributed by atoms with Crippen molar-refractivity contribution < 1.29 is 9.53 Å². The molecule has 1 aromatic heterocycles. The molecule has 0 N–H and O–H groups in total. The number of carbonyl (C=O) groups is 1. The van der Waals surface area contributed by atoms with Gasteiger partial charge in [0.25, 0.3) is 5.56 Å². The lowest BCUT2D eigenvalue weighted by Crippen LogP contribution is -2.15. The van der Waals surface area contributed by atoms with Gasteiger partial charge < -0.3 is 9.30 Å². The average molecular weight is 396 g/mol. The van der Waals surface area contributed by atoms with Crippen LogP contribution in [0.4, 0.5) is 0 Å². The Balaban J connectivity index is 1.83. The highest BCUT2D eigenvalue weighted by molar-refractivity contribution is 5.97. The van der Waals surface area contributed by atoms with Crippen LogP contribution < -0.4 is 5.56 Å². The van der Waals surface area contributed by atoms with E-state index in [-0.39, 0.29) is 11.1 Å². The minimum Gasteiger partial charge on any atom is -0.465 e. The number of aromatic nitrogens is 4. The van der Waals surface area contributed by atoms with Gasteiger partial charge in [0, 0.05) is 29.4 Å². The van der Waals surface area contributed by atoms with Gasteiger partial charge in [-0.2, -0.15) is 9.78 Å². The molecule has 0 spiro atoms. The minimum atomic E-state index is -0.569. The molecule has 0 saturated carbocycles. The number of methoxy groups -OCH3 is 1. The average Bonchev–Trinajstić information content (AvgIpc) is 3.14. The van der Waals surface area contributed by atoms with Crippen molar-refractivity contribution in [1.29, 1.82) is 0 Å². The smallest absolute Gasteiger partial charge is 0.341 e. The molecule has 0 unspecified atom stereocenters. The number of benzene rings is 2. The molecule has 2 aromatic carbocycles. The van der Waals surface area contributed by atoms with Crippen LogP contribution >= 0.6 is 0 Å². The van der Waals surface area contributed by atoms with Crippen LogP contribution in [-0.4, -0.2) is 32.4 Å². The Bertz CT molecular complexity index is 1410. The lowest BCUT2D eigenvalue weighted by Gasteiger charge is -2.13. The van der Waals surface area contributed by atoms with Gasteiger partial charge in [0.2, 0.25) is 0 Å². The molecule has 0 aliphatic carbocycles. The van der Waals surface area contributed by atoms with E-state index in [1.54, 1.807) is 41.5 Å². The molecule has 0 atom stereocenters. The molecule has 3 aromatic rings. The predicted octanol–water partition coefficient (Wildman–Crippen LogP) is 3.46. The Labute approximate surface area is 171 Å². The maximum atomic E-state index is 13.2. The fraction of sp³-hybridized carbons (Fsp3) is 0.0435. The number of ether oxygens (including phenoxy) is 1. The normalized spacial score (nSPS) is 11.1. The second kappa shape index (κ2) is 6.97. The first-order valence-corrected chi connectivity index (χ1v) is 9.29. The molecule has 7 nitrogen and oxygen atoms in total. The summed E-state index contributed by atoms with van der Waals surface area (Å²) in [5.41, 5.74) is 1.85. The summed E-state index contributed by atoms with van der Waals surface area (Å²) >= 11 is 0. The second-order valence-electron chi connectivity index (χ2n) is 6.77. The molecule has 0 fully saturated rings. The van der Waals surface area contributed by atoms with Gasteiger partial charge in [-0.05, 0) is 12.1 Å². The molecule has 2 aliphatic heterocycles. The van der Waals surface area contributed by atoms with Crippen molar-refractivity contribution in [1.82, 2.24) is 19.3 Å². The van der Waals surface area contributed by atoms with Crippen LogP contribution in [0.2, 0.25) is 0 Å². The Morgan fingerprint density at radius 3 is 2.53 bits per heavy atom. The third kappa shape index (κ3) is 2.76. The zero-order chi connectivity index (χ0) is 20.7. The number of hydrogen-bond acceptors (Lipinski definition) is 5. The van der Waals surface area contributed by atoms with E-state index >= 15 is 0 Å². The molecular weight excluding hydrogens is 380 g/mol. The quantitative estimate of drug-likeness (QED) is 0.437. The van der Waals surface area contributed by atoms with Crippen molar-refractivity contribution in [3.63, 3.8) is 0 Å². The largest absolute Gasteiger partial charge is 0.465 e. The molecular formula is C23H16N4O3. The van der Waals surface area contributed by atoms with E-state index in [2.05, 4.69) is 10.1 Å². The number of rotatable bonds is 3. The Kier molecular flexibility index (Phi) is 4.14. The van der Waals surface area contributed by atoms with Gasteiger partial charge in [-0.1, -0.05) is 42.5 Å². The lowest BCUT2D eigenvalue weighted by molar-refractivity contribution is 0.0600. The van der Waals surface area contributed by atoms with Crippen LogP contribution in [-0.2, 0) is 4.74 Å². The fourth-order valence-electron chi connectivity index (χ4n) is 3.56. The first-order valence-electron chi connectivity index (χ1n) is 9.29. The number of nitrogens with zero attached hydrogens (tertiary/aromatic N) is 4. The van der Waals surface area contributed by atoms with E-state index < -0.39 is 5.97 Å². The zero-order valence-electron chi connectivity index (χ0n) is 16.0. The van der Waals surface area contributed by atoms with E-state index in [4.69, 9.17) is 4.74 Å². The second-order valence-corrected chi connectivity index (χ2v) is 6.77. The van der Waals surface area contributed by atoms with Crippen LogP contribution in [0.5, 0.6) is 0 Å². The highest BCUT2D eigenvalue weighted by Crippen LogP contribution is 2.27. The number of carbonyl (C=O) groups excluding carboxylic acids is 1. The first-order chi connectivity index (χ1) is 14.7. The van der Waals surface area contributed by atoms with Crippen molar-refractivity contribution in [2.24, 2.45) is 0 Å². The van der Waals surface area contributed by atoms with Gasteiger partial charge in [0.05, 0.1) is 30.2 Å². The molecule has 30 heavy (non-hydrogen) atoms. The maximum absolute atomic E-state index is 13.2. The molecule has 0 bridgehead atoms. The van der Waals surface area contributed by atoms with Gasteiger partial charge in [0.1, 0.15) is 11.3 Å².